The molecule has 3 atom stereocenters. The summed E-state index contributed by atoms with van der Waals surface area (Å²) in [7, 11) is 0. The maximum absolute atomic E-state index is 5.50. The average molecular weight is 142 g/mol. The zero-order valence-corrected chi connectivity index (χ0v) is 6.54. The first-order valence-electron chi connectivity index (χ1n) is 3.63. The van der Waals surface area contributed by atoms with Gasteiger partial charge in [-0.15, -0.1) is 6.58 Å². The minimum atomic E-state index is 0.0891. The zero-order chi connectivity index (χ0) is 7.56. The quantitative estimate of drug-likeness (QED) is 0.515. The first-order valence-corrected chi connectivity index (χ1v) is 3.63. The van der Waals surface area contributed by atoms with Crippen molar-refractivity contribution in [3.63, 3.8) is 0 Å². The molecule has 1 fully saturated rings. The largest absolute Gasteiger partial charge is 0.373 e. The number of hydrogen-bond donors (Lipinski definition) is 0. The monoisotopic (exact) mass is 142 g/mol. The van der Waals surface area contributed by atoms with Gasteiger partial charge in [0.15, 0.2) is 0 Å². The highest BCUT2D eigenvalue weighted by atomic mass is 16.6. The Morgan fingerprint density at radius 3 is 2.60 bits per heavy atom. The van der Waals surface area contributed by atoms with E-state index in [1.165, 1.54) is 0 Å². The third kappa shape index (κ3) is 1.58. The summed E-state index contributed by atoms with van der Waals surface area (Å²) in [4.78, 5) is 0. The molecule has 0 aromatic heterocycles. The molecular weight excluding hydrogens is 128 g/mol. The van der Waals surface area contributed by atoms with Crippen LogP contribution >= 0.6 is 0 Å². The van der Waals surface area contributed by atoms with E-state index in [4.69, 9.17) is 9.47 Å². The van der Waals surface area contributed by atoms with Gasteiger partial charge in [0.1, 0.15) is 0 Å². The van der Waals surface area contributed by atoms with Gasteiger partial charge in [-0.25, -0.2) is 0 Å². The summed E-state index contributed by atoms with van der Waals surface area (Å²) in [5, 5.41) is 0. The summed E-state index contributed by atoms with van der Waals surface area (Å²) in [5.74, 6) is 0. The van der Waals surface area contributed by atoms with Crippen LogP contribution in [-0.2, 0) is 9.47 Å². The van der Waals surface area contributed by atoms with Gasteiger partial charge in [-0.3, -0.25) is 0 Å². The van der Waals surface area contributed by atoms with Crippen LogP contribution < -0.4 is 0 Å². The Balaban J connectivity index is 2.40. The highest BCUT2D eigenvalue weighted by Crippen LogP contribution is 2.13. The van der Waals surface area contributed by atoms with Crippen LogP contribution in [0.4, 0.5) is 0 Å². The summed E-state index contributed by atoms with van der Waals surface area (Å²) in [6, 6.07) is 0. The van der Waals surface area contributed by atoms with Gasteiger partial charge in [0.2, 0.25) is 0 Å². The molecular formula is C8H14O2. The number of ether oxygens (including phenoxy) is 2. The topological polar surface area (TPSA) is 18.5 Å². The fourth-order valence-electron chi connectivity index (χ4n) is 0.931. The van der Waals surface area contributed by atoms with E-state index in [1.54, 1.807) is 6.08 Å². The molecule has 1 rings (SSSR count). The zero-order valence-electron chi connectivity index (χ0n) is 6.54. The van der Waals surface area contributed by atoms with Crippen molar-refractivity contribution in [1.29, 1.82) is 0 Å². The molecule has 1 aliphatic heterocycles. The van der Waals surface area contributed by atoms with Crippen molar-refractivity contribution < 1.29 is 9.47 Å². The maximum Gasteiger partial charge on any atom is 0.0991 e. The first kappa shape index (κ1) is 7.76. The van der Waals surface area contributed by atoms with Gasteiger partial charge >= 0.3 is 0 Å². The summed E-state index contributed by atoms with van der Waals surface area (Å²) in [5.41, 5.74) is 0. The Morgan fingerprint density at radius 2 is 2.10 bits per heavy atom. The van der Waals surface area contributed by atoms with E-state index in [-0.39, 0.29) is 18.3 Å². The van der Waals surface area contributed by atoms with Gasteiger partial charge in [-0.05, 0) is 13.8 Å². The average Bonchev–Trinajstić information content (AvgIpc) is 1.95. The number of hydrogen-bond acceptors (Lipinski definition) is 2. The lowest BCUT2D eigenvalue weighted by molar-refractivity contribution is -0.151. The molecule has 1 aliphatic rings. The van der Waals surface area contributed by atoms with E-state index < -0.39 is 0 Å². The highest BCUT2D eigenvalue weighted by Gasteiger charge is 2.23. The second-order valence-corrected chi connectivity index (χ2v) is 2.65. The van der Waals surface area contributed by atoms with Crippen LogP contribution in [0, 0.1) is 0 Å². The van der Waals surface area contributed by atoms with E-state index in [1.807, 2.05) is 13.8 Å². The Labute approximate surface area is 61.8 Å². The molecule has 2 heteroatoms. The standard InChI is InChI=1S/C8H14O2/c1-4-8-5-9-6(2)7(3)10-8/h4,6-8H,1,5H2,2-3H3/t6-,7-,8-/m1/s1. The Kier molecular flexibility index (Phi) is 2.46. The smallest absolute Gasteiger partial charge is 0.0991 e. The molecule has 0 saturated carbocycles. The van der Waals surface area contributed by atoms with Crippen LogP contribution in [0.1, 0.15) is 13.8 Å². The van der Waals surface area contributed by atoms with Crippen molar-refractivity contribution >= 4 is 0 Å². The lowest BCUT2D eigenvalue weighted by Crippen LogP contribution is -2.39. The second kappa shape index (κ2) is 3.17. The molecule has 10 heavy (non-hydrogen) atoms. The lowest BCUT2D eigenvalue weighted by Gasteiger charge is -2.31. The van der Waals surface area contributed by atoms with Crippen molar-refractivity contribution in [3.8, 4) is 0 Å². The van der Waals surface area contributed by atoms with Gasteiger partial charge in [-0.1, -0.05) is 6.08 Å². The minimum absolute atomic E-state index is 0.0891. The van der Waals surface area contributed by atoms with Gasteiger partial charge in [0.05, 0.1) is 24.9 Å². The first-order chi connectivity index (χ1) is 4.74. The molecule has 0 aromatic rings. The van der Waals surface area contributed by atoms with Crippen molar-refractivity contribution in [2.45, 2.75) is 32.2 Å². The molecule has 2 nitrogen and oxygen atoms in total. The molecule has 1 heterocycles. The van der Waals surface area contributed by atoms with E-state index in [2.05, 4.69) is 6.58 Å². The van der Waals surface area contributed by atoms with E-state index in [9.17, 15) is 0 Å². The van der Waals surface area contributed by atoms with Crippen LogP contribution in [0.5, 0.6) is 0 Å². The normalized spacial score (nSPS) is 41.2. The van der Waals surface area contributed by atoms with Crippen molar-refractivity contribution in [1.82, 2.24) is 0 Å². The molecule has 0 unspecified atom stereocenters. The summed E-state index contributed by atoms with van der Waals surface area (Å²) < 4.78 is 10.9. The molecule has 0 N–H and O–H groups in total. The van der Waals surface area contributed by atoms with E-state index >= 15 is 0 Å². The van der Waals surface area contributed by atoms with Gasteiger partial charge in [0, 0.05) is 0 Å². The second-order valence-electron chi connectivity index (χ2n) is 2.65. The maximum atomic E-state index is 5.50. The van der Waals surface area contributed by atoms with Crippen molar-refractivity contribution in [3.05, 3.63) is 12.7 Å². The van der Waals surface area contributed by atoms with Gasteiger partial charge in [0.25, 0.3) is 0 Å². The minimum Gasteiger partial charge on any atom is -0.373 e. The molecule has 0 spiro atoms. The predicted molar refractivity (Wildman–Crippen MR) is 39.9 cm³/mol. The Bertz CT molecular complexity index is 122. The van der Waals surface area contributed by atoms with E-state index in [0.29, 0.717) is 6.61 Å². The SMILES string of the molecule is C=C[C@@H]1CO[C@H](C)[C@@H](C)O1. The van der Waals surface area contributed by atoms with Crippen LogP contribution in [-0.4, -0.2) is 24.9 Å². The summed E-state index contributed by atoms with van der Waals surface area (Å²) in [6.07, 6.45) is 2.28. The number of rotatable bonds is 1. The molecule has 58 valence electrons. The molecule has 0 radical (unpaired) electrons. The third-order valence-electron chi connectivity index (χ3n) is 1.84. The Morgan fingerprint density at radius 1 is 1.40 bits per heavy atom. The fourth-order valence-corrected chi connectivity index (χ4v) is 0.931. The van der Waals surface area contributed by atoms with Gasteiger partial charge < -0.3 is 9.47 Å². The molecule has 0 bridgehead atoms. The molecule has 0 amide bonds. The van der Waals surface area contributed by atoms with Crippen LogP contribution in [0.2, 0.25) is 0 Å². The highest BCUT2D eigenvalue weighted by molar-refractivity contribution is 4.84. The Hall–Kier alpha value is -0.340. The van der Waals surface area contributed by atoms with Crippen LogP contribution in [0.3, 0.4) is 0 Å². The molecule has 1 saturated heterocycles. The van der Waals surface area contributed by atoms with Crippen molar-refractivity contribution in [2.24, 2.45) is 0 Å². The van der Waals surface area contributed by atoms with Crippen LogP contribution in [0.25, 0.3) is 0 Å². The molecule has 0 aromatic carbocycles. The van der Waals surface area contributed by atoms with E-state index in [0.717, 1.165) is 0 Å². The summed E-state index contributed by atoms with van der Waals surface area (Å²) >= 11 is 0. The lowest BCUT2D eigenvalue weighted by atomic mass is 10.2. The van der Waals surface area contributed by atoms with Crippen LogP contribution in [0.15, 0.2) is 12.7 Å². The molecule has 0 aliphatic carbocycles. The van der Waals surface area contributed by atoms with Crippen molar-refractivity contribution in [2.75, 3.05) is 6.61 Å². The predicted octanol–water partition coefficient (Wildman–Crippen LogP) is 1.36. The fraction of sp³-hybridized carbons (Fsp3) is 0.750. The third-order valence-corrected chi connectivity index (χ3v) is 1.84. The summed E-state index contributed by atoms with van der Waals surface area (Å²) in [6.45, 7) is 8.32. The van der Waals surface area contributed by atoms with Gasteiger partial charge in [-0.2, -0.15) is 0 Å².